The summed E-state index contributed by atoms with van der Waals surface area (Å²) >= 11 is 0. The van der Waals surface area contributed by atoms with Crippen LogP contribution < -0.4 is 10.2 Å². The number of nitrogens with one attached hydrogen (secondary N) is 1. The van der Waals surface area contributed by atoms with Crippen LogP contribution in [0, 0.1) is 0 Å². The van der Waals surface area contributed by atoms with Crippen molar-refractivity contribution in [3.63, 3.8) is 0 Å². The molecule has 0 aliphatic heterocycles. The standard InChI is InChI=1S/C10H14N4O3/c1-14(6-2-3-6)8-4-9(11-10(16)17)13-12-7(8)5-15/h4,6,15H,2-3,5H2,1H3,(H,11,13)(H,16,17). The molecule has 1 aromatic heterocycles. The zero-order valence-corrected chi connectivity index (χ0v) is 9.42. The quantitative estimate of drug-likeness (QED) is 0.712. The summed E-state index contributed by atoms with van der Waals surface area (Å²) in [6.07, 6.45) is 1.02. The normalized spacial score (nSPS) is 14.5. The number of carboxylic acid groups (broad SMARTS) is 1. The van der Waals surface area contributed by atoms with E-state index in [0.29, 0.717) is 17.4 Å². The van der Waals surface area contributed by atoms with Crippen molar-refractivity contribution in [3.05, 3.63) is 11.8 Å². The van der Waals surface area contributed by atoms with Gasteiger partial charge in [0.1, 0.15) is 5.69 Å². The van der Waals surface area contributed by atoms with Crippen LogP contribution in [0.1, 0.15) is 18.5 Å². The predicted molar refractivity (Wildman–Crippen MR) is 61.0 cm³/mol. The van der Waals surface area contributed by atoms with Crippen molar-refractivity contribution < 1.29 is 15.0 Å². The van der Waals surface area contributed by atoms with Gasteiger partial charge in [0, 0.05) is 19.2 Å². The third kappa shape index (κ3) is 2.62. The van der Waals surface area contributed by atoms with E-state index in [1.165, 1.54) is 0 Å². The molecule has 1 amide bonds. The molecule has 2 rings (SSSR count). The number of aliphatic hydroxyl groups is 1. The lowest BCUT2D eigenvalue weighted by Gasteiger charge is -2.20. The van der Waals surface area contributed by atoms with Gasteiger partial charge < -0.3 is 15.1 Å². The van der Waals surface area contributed by atoms with Gasteiger partial charge in [-0.2, -0.15) is 0 Å². The SMILES string of the molecule is CN(c1cc(NC(=O)O)nnc1CO)C1CC1. The van der Waals surface area contributed by atoms with Crippen LogP contribution in [-0.4, -0.2) is 39.6 Å². The average Bonchev–Trinajstić information content (AvgIpc) is 3.11. The van der Waals surface area contributed by atoms with Crippen molar-refractivity contribution in [1.29, 1.82) is 0 Å². The highest BCUT2D eigenvalue weighted by molar-refractivity contribution is 5.82. The molecule has 0 spiro atoms. The van der Waals surface area contributed by atoms with Gasteiger partial charge in [0.2, 0.25) is 0 Å². The van der Waals surface area contributed by atoms with E-state index in [-0.39, 0.29) is 12.4 Å². The summed E-state index contributed by atoms with van der Waals surface area (Å²) in [5.74, 6) is 0.164. The van der Waals surface area contributed by atoms with Crippen molar-refractivity contribution in [1.82, 2.24) is 10.2 Å². The number of aliphatic hydroxyl groups excluding tert-OH is 1. The van der Waals surface area contributed by atoms with Crippen LogP contribution in [0.25, 0.3) is 0 Å². The molecule has 0 unspecified atom stereocenters. The van der Waals surface area contributed by atoms with E-state index in [1.54, 1.807) is 6.07 Å². The van der Waals surface area contributed by atoms with Gasteiger partial charge in [-0.3, -0.25) is 5.32 Å². The first-order valence-corrected chi connectivity index (χ1v) is 5.32. The van der Waals surface area contributed by atoms with Gasteiger partial charge >= 0.3 is 6.09 Å². The van der Waals surface area contributed by atoms with Crippen molar-refractivity contribution in [2.75, 3.05) is 17.3 Å². The van der Waals surface area contributed by atoms with Crippen molar-refractivity contribution in [2.24, 2.45) is 0 Å². The maximum atomic E-state index is 10.5. The molecule has 7 nitrogen and oxygen atoms in total. The van der Waals surface area contributed by atoms with E-state index in [4.69, 9.17) is 5.11 Å². The fourth-order valence-electron chi connectivity index (χ4n) is 1.65. The summed E-state index contributed by atoms with van der Waals surface area (Å²) in [5.41, 5.74) is 1.17. The van der Waals surface area contributed by atoms with E-state index < -0.39 is 6.09 Å². The van der Waals surface area contributed by atoms with Gasteiger partial charge in [-0.05, 0) is 12.8 Å². The van der Waals surface area contributed by atoms with Crippen molar-refractivity contribution in [2.45, 2.75) is 25.5 Å². The highest BCUT2D eigenvalue weighted by atomic mass is 16.4. The Kier molecular flexibility index (Phi) is 3.10. The summed E-state index contributed by atoms with van der Waals surface area (Å²) < 4.78 is 0. The highest BCUT2D eigenvalue weighted by Crippen LogP contribution is 2.32. The number of aromatic nitrogens is 2. The molecule has 0 atom stereocenters. The van der Waals surface area contributed by atoms with Crippen LogP contribution in [0.4, 0.5) is 16.3 Å². The second-order valence-electron chi connectivity index (χ2n) is 3.99. The molecule has 1 aliphatic carbocycles. The molecule has 1 saturated carbocycles. The Morgan fingerprint density at radius 3 is 2.82 bits per heavy atom. The Labute approximate surface area is 98.1 Å². The summed E-state index contributed by atoms with van der Waals surface area (Å²) in [4.78, 5) is 12.5. The molecule has 0 aromatic carbocycles. The Hall–Kier alpha value is -1.89. The molecule has 92 valence electrons. The third-order valence-electron chi connectivity index (χ3n) is 2.71. The van der Waals surface area contributed by atoms with E-state index in [0.717, 1.165) is 12.8 Å². The molecule has 0 bridgehead atoms. The maximum absolute atomic E-state index is 10.5. The molecule has 7 heteroatoms. The summed E-state index contributed by atoms with van der Waals surface area (Å²) in [6.45, 7) is -0.216. The van der Waals surface area contributed by atoms with Gasteiger partial charge in [-0.25, -0.2) is 4.79 Å². The Morgan fingerprint density at radius 1 is 1.59 bits per heavy atom. The van der Waals surface area contributed by atoms with E-state index in [9.17, 15) is 9.90 Å². The number of nitrogens with zero attached hydrogens (tertiary/aromatic N) is 3. The topological polar surface area (TPSA) is 98.6 Å². The minimum Gasteiger partial charge on any atom is -0.465 e. The molecule has 3 N–H and O–H groups in total. The number of anilines is 2. The average molecular weight is 238 g/mol. The van der Waals surface area contributed by atoms with Crippen molar-refractivity contribution >= 4 is 17.6 Å². The highest BCUT2D eigenvalue weighted by Gasteiger charge is 2.28. The Balaban J connectivity index is 2.28. The number of amides is 1. The largest absolute Gasteiger partial charge is 0.465 e. The number of hydrogen-bond donors (Lipinski definition) is 3. The maximum Gasteiger partial charge on any atom is 0.410 e. The first-order chi connectivity index (χ1) is 8.11. The molecular weight excluding hydrogens is 224 g/mol. The summed E-state index contributed by atoms with van der Waals surface area (Å²) in [6, 6.07) is 2.03. The molecule has 1 heterocycles. The molecule has 17 heavy (non-hydrogen) atoms. The van der Waals surface area contributed by atoms with Gasteiger partial charge in [-0.1, -0.05) is 0 Å². The van der Waals surface area contributed by atoms with Crippen LogP contribution in [-0.2, 0) is 6.61 Å². The lowest BCUT2D eigenvalue weighted by Crippen LogP contribution is -2.22. The molecule has 0 radical (unpaired) electrons. The molecule has 1 aliphatic rings. The summed E-state index contributed by atoms with van der Waals surface area (Å²) in [7, 11) is 1.90. The fourth-order valence-corrected chi connectivity index (χ4v) is 1.65. The number of rotatable bonds is 4. The smallest absolute Gasteiger partial charge is 0.410 e. The summed E-state index contributed by atoms with van der Waals surface area (Å²) in [5, 5.41) is 27.4. The lowest BCUT2D eigenvalue weighted by molar-refractivity contribution is 0.209. The monoisotopic (exact) mass is 238 g/mol. The fraction of sp³-hybridized carbons (Fsp3) is 0.500. The van der Waals surface area contributed by atoms with E-state index in [1.807, 2.05) is 11.9 Å². The Morgan fingerprint density at radius 2 is 2.29 bits per heavy atom. The number of hydrogen-bond acceptors (Lipinski definition) is 5. The van der Waals surface area contributed by atoms with Gasteiger partial charge in [0.15, 0.2) is 5.82 Å². The zero-order chi connectivity index (χ0) is 12.4. The van der Waals surface area contributed by atoms with E-state index in [2.05, 4.69) is 15.5 Å². The minimum atomic E-state index is -1.18. The van der Waals surface area contributed by atoms with Crippen LogP contribution >= 0.6 is 0 Å². The number of carbonyl (C=O) groups is 1. The van der Waals surface area contributed by atoms with Crippen LogP contribution in [0.5, 0.6) is 0 Å². The second-order valence-corrected chi connectivity index (χ2v) is 3.99. The van der Waals surface area contributed by atoms with Gasteiger partial charge in [0.25, 0.3) is 0 Å². The van der Waals surface area contributed by atoms with Gasteiger partial charge in [0.05, 0.1) is 12.3 Å². The first kappa shape index (κ1) is 11.6. The first-order valence-electron chi connectivity index (χ1n) is 5.32. The van der Waals surface area contributed by atoms with Crippen LogP contribution in [0.2, 0.25) is 0 Å². The molecule has 1 fully saturated rings. The van der Waals surface area contributed by atoms with Crippen LogP contribution in [0.15, 0.2) is 6.07 Å². The second kappa shape index (κ2) is 4.54. The van der Waals surface area contributed by atoms with Crippen LogP contribution in [0.3, 0.4) is 0 Å². The minimum absolute atomic E-state index is 0.164. The molecule has 1 aromatic rings. The zero-order valence-electron chi connectivity index (χ0n) is 9.42. The van der Waals surface area contributed by atoms with Crippen molar-refractivity contribution in [3.8, 4) is 0 Å². The predicted octanol–water partition coefficient (Wildman–Crippen LogP) is 0.657. The Bertz CT molecular complexity index is 434. The molecule has 0 saturated heterocycles. The third-order valence-corrected chi connectivity index (χ3v) is 2.71. The lowest BCUT2D eigenvalue weighted by atomic mass is 10.3. The molecular formula is C10H14N4O3. The van der Waals surface area contributed by atoms with Gasteiger partial charge in [-0.15, -0.1) is 10.2 Å². The van der Waals surface area contributed by atoms with E-state index >= 15 is 0 Å².